The van der Waals surface area contributed by atoms with Crippen molar-refractivity contribution in [3.63, 3.8) is 0 Å². The molecule has 0 spiro atoms. The number of nitriles is 1. The fourth-order valence-corrected chi connectivity index (χ4v) is 2.40. The first-order valence-corrected chi connectivity index (χ1v) is 6.25. The smallest absolute Gasteiger partial charge is 0.230 e. The second-order valence-corrected chi connectivity index (χ2v) is 4.57. The molecule has 2 heterocycles. The number of pyridine rings is 1. The molecule has 0 fully saturated rings. The van der Waals surface area contributed by atoms with E-state index in [0.29, 0.717) is 5.52 Å². The summed E-state index contributed by atoms with van der Waals surface area (Å²) in [5, 5.41) is 9.40. The van der Waals surface area contributed by atoms with Gasteiger partial charge in [0.25, 0.3) is 0 Å². The second-order valence-electron chi connectivity index (χ2n) is 4.57. The highest BCUT2D eigenvalue weighted by Crippen LogP contribution is 2.32. The molecule has 0 saturated heterocycles. The summed E-state index contributed by atoms with van der Waals surface area (Å²) in [5.41, 5.74) is 0.808. The van der Waals surface area contributed by atoms with E-state index in [9.17, 15) is 19.6 Å². The van der Waals surface area contributed by atoms with Crippen LogP contribution in [0.2, 0.25) is 0 Å². The maximum Gasteiger partial charge on any atom is 0.230 e. The van der Waals surface area contributed by atoms with Crippen molar-refractivity contribution in [2.24, 2.45) is 0 Å². The molecule has 0 N–H and O–H groups in total. The number of anilines is 1. The van der Waals surface area contributed by atoms with Crippen molar-refractivity contribution in [3.8, 4) is 6.07 Å². The van der Waals surface area contributed by atoms with Crippen molar-refractivity contribution < 1.29 is 14.4 Å². The van der Waals surface area contributed by atoms with E-state index in [-0.39, 0.29) is 22.7 Å². The highest BCUT2D eigenvalue weighted by atomic mass is 16.2. The maximum atomic E-state index is 12.0. The zero-order valence-corrected chi connectivity index (χ0v) is 11.9. The first kappa shape index (κ1) is 14.5. The summed E-state index contributed by atoms with van der Waals surface area (Å²) in [6, 6.07) is 7.07. The molecular formula is C15H13N3O3. The number of rotatable bonds is 2. The molecule has 6 nitrogen and oxygen atoms in total. The lowest BCUT2D eigenvalue weighted by Crippen LogP contribution is -2.34. The van der Waals surface area contributed by atoms with Gasteiger partial charge >= 0.3 is 0 Å². The van der Waals surface area contributed by atoms with Gasteiger partial charge in [-0.1, -0.05) is 6.07 Å². The summed E-state index contributed by atoms with van der Waals surface area (Å²) in [6.45, 7) is 3.77. The van der Waals surface area contributed by atoms with Gasteiger partial charge in [-0.2, -0.15) is 5.26 Å². The molecule has 2 rings (SSSR count). The number of fused-ring (bicyclic) bond motifs is 1. The zero-order valence-electron chi connectivity index (χ0n) is 11.9. The largest absolute Gasteiger partial charge is 0.311 e. The third kappa shape index (κ3) is 2.19. The van der Waals surface area contributed by atoms with Crippen molar-refractivity contribution in [3.05, 3.63) is 35.7 Å². The number of carbonyl (C=O) groups excluding carboxylic acids is 3. The summed E-state index contributed by atoms with van der Waals surface area (Å²) in [6.07, 6.45) is 1.62. The molecule has 0 atom stereocenters. The minimum atomic E-state index is -0.544. The number of aromatic nitrogens is 1. The summed E-state index contributed by atoms with van der Waals surface area (Å²) >= 11 is 0. The molecule has 106 valence electrons. The molecule has 0 aliphatic heterocycles. The van der Waals surface area contributed by atoms with E-state index in [0.717, 1.165) is 4.90 Å². The molecule has 0 unspecified atom stereocenters. The Hall–Kier alpha value is -2.94. The highest BCUT2D eigenvalue weighted by Gasteiger charge is 2.29. The Balaban J connectivity index is 2.99. The van der Waals surface area contributed by atoms with E-state index in [1.165, 1.54) is 25.2 Å². The van der Waals surface area contributed by atoms with E-state index in [2.05, 4.69) is 0 Å². The van der Waals surface area contributed by atoms with Crippen LogP contribution in [-0.2, 0) is 9.59 Å². The Bertz CT molecular complexity index is 797. The SMILES string of the molecule is CC(=O)c1c(N(C(C)=O)C(C)=O)c(C#N)c2ccccn12. The number of imide groups is 1. The molecule has 6 heteroatoms. The van der Waals surface area contributed by atoms with Crippen LogP contribution in [-0.4, -0.2) is 22.0 Å². The zero-order chi connectivity index (χ0) is 15.7. The van der Waals surface area contributed by atoms with Gasteiger partial charge in [-0.15, -0.1) is 0 Å². The van der Waals surface area contributed by atoms with Gasteiger partial charge < -0.3 is 4.40 Å². The fraction of sp³-hybridized carbons (Fsp3) is 0.200. The summed E-state index contributed by atoms with van der Waals surface area (Å²) < 4.78 is 1.52. The van der Waals surface area contributed by atoms with E-state index < -0.39 is 11.8 Å². The van der Waals surface area contributed by atoms with Crippen molar-refractivity contribution >= 4 is 28.8 Å². The molecule has 2 amide bonds. The Kier molecular flexibility index (Phi) is 3.59. The van der Waals surface area contributed by atoms with Gasteiger partial charge in [0.2, 0.25) is 11.8 Å². The van der Waals surface area contributed by atoms with Crippen LogP contribution in [0.5, 0.6) is 0 Å². The number of nitrogens with zero attached hydrogens (tertiary/aromatic N) is 3. The van der Waals surface area contributed by atoms with Gasteiger partial charge in [0.15, 0.2) is 5.78 Å². The average molecular weight is 283 g/mol. The first-order valence-electron chi connectivity index (χ1n) is 6.25. The maximum absolute atomic E-state index is 12.0. The average Bonchev–Trinajstić information content (AvgIpc) is 2.71. The summed E-state index contributed by atoms with van der Waals surface area (Å²) in [4.78, 5) is 36.4. The summed E-state index contributed by atoms with van der Waals surface area (Å²) in [5.74, 6) is -1.42. The van der Waals surface area contributed by atoms with Crippen LogP contribution in [0.15, 0.2) is 24.4 Å². The standard InChI is InChI=1S/C15H13N3O3/c1-9(19)14-15(18(10(2)20)11(3)21)12(8-16)13-6-4-5-7-17(13)14/h4-7H,1-3H3. The third-order valence-corrected chi connectivity index (χ3v) is 3.12. The summed E-state index contributed by atoms with van der Waals surface area (Å²) in [7, 11) is 0. The first-order chi connectivity index (χ1) is 9.90. The van der Waals surface area contributed by atoms with Crippen molar-refractivity contribution in [1.82, 2.24) is 4.40 Å². The van der Waals surface area contributed by atoms with E-state index in [1.807, 2.05) is 6.07 Å². The van der Waals surface area contributed by atoms with Gasteiger partial charge in [0.05, 0.1) is 11.2 Å². The predicted octanol–water partition coefficient (Wildman–Crippen LogP) is 1.91. The van der Waals surface area contributed by atoms with Crippen LogP contribution >= 0.6 is 0 Å². The Labute approximate surface area is 121 Å². The number of carbonyl (C=O) groups is 3. The van der Waals surface area contributed by atoms with Crippen molar-refractivity contribution in [2.75, 3.05) is 4.90 Å². The van der Waals surface area contributed by atoms with Gasteiger partial charge in [-0.25, -0.2) is 4.90 Å². The molecule has 0 aromatic carbocycles. The van der Waals surface area contributed by atoms with Crippen LogP contribution in [0, 0.1) is 11.3 Å². The van der Waals surface area contributed by atoms with E-state index in [4.69, 9.17) is 0 Å². The molecule has 0 aliphatic rings. The molecule has 0 saturated carbocycles. The molecule has 21 heavy (non-hydrogen) atoms. The Morgan fingerprint density at radius 3 is 2.24 bits per heavy atom. The van der Waals surface area contributed by atoms with Gasteiger partial charge in [-0.3, -0.25) is 14.4 Å². The monoisotopic (exact) mass is 283 g/mol. The topological polar surface area (TPSA) is 82.7 Å². The van der Waals surface area contributed by atoms with E-state index >= 15 is 0 Å². The van der Waals surface area contributed by atoms with Gasteiger partial charge in [-0.05, 0) is 12.1 Å². The van der Waals surface area contributed by atoms with Crippen molar-refractivity contribution in [1.29, 1.82) is 5.26 Å². The lowest BCUT2D eigenvalue weighted by atomic mass is 10.1. The van der Waals surface area contributed by atoms with Gasteiger partial charge in [0.1, 0.15) is 17.3 Å². The Morgan fingerprint density at radius 1 is 1.14 bits per heavy atom. The minimum absolute atomic E-state index is 0.0520. The van der Waals surface area contributed by atoms with Crippen LogP contribution in [0.25, 0.3) is 5.52 Å². The number of amides is 2. The van der Waals surface area contributed by atoms with Crippen molar-refractivity contribution in [2.45, 2.75) is 20.8 Å². The third-order valence-electron chi connectivity index (χ3n) is 3.12. The predicted molar refractivity (Wildman–Crippen MR) is 76.0 cm³/mol. The van der Waals surface area contributed by atoms with Gasteiger partial charge in [0, 0.05) is 27.0 Å². The Morgan fingerprint density at radius 2 is 1.76 bits per heavy atom. The number of hydrogen-bond donors (Lipinski definition) is 0. The van der Waals surface area contributed by atoms with Crippen LogP contribution in [0.3, 0.4) is 0 Å². The number of Topliss-reactive ketones (excluding diaryl/α,β-unsaturated/α-hetero) is 1. The molecule has 2 aromatic rings. The molecular weight excluding hydrogens is 270 g/mol. The lowest BCUT2D eigenvalue weighted by Gasteiger charge is -2.17. The molecule has 2 aromatic heterocycles. The highest BCUT2D eigenvalue weighted by molar-refractivity contribution is 6.18. The van der Waals surface area contributed by atoms with E-state index in [1.54, 1.807) is 24.4 Å². The quantitative estimate of drug-likeness (QED) is 0.788. The minimum Gasteiger partial charge on any atom is -0.311 e. The number of hydrogen-bond acceptors (Lipinski definition) is 4. The second kappa shape index (κ2) is 5.21. The van der Waals surface area contributed by atoms with Crippen LogP contribution in [0.4, 0.5) is 5.69 Å². The molecule has 0 bridgehead atoms. The molecule has 0 radical (unpaired) electrons. The molecule has 0 aliphatic carbocycles. The van der Waals surface area contributed by atoms with Crippen LogP contribution < -0.4 is 4.90 Å². The normalized spacial score (nSPS) is 10.2. The fourth-order valence-electron chi connectivity index (χ4n) is 2.40. The number of ketones is 1. The lowest BCUT2D eigenvalue weighted by molar-refractivity contribution is -0.124. The van der Waals surface area contributed by atoms with Crippen LogP contribution in [0.1, 0.15) is 36.8 Å².